The molecule has 142 valence electrons. The lowest BCUT2D eigenvalue weighted by molar-refractivity contribution is -0.150. The highest BCUT2D eigenvalue weighted by Crippen LogP contribution is 2.23. The first-order valence-corrected chi connectivity index (χ1v) is 9.21. The van der Waals surface area contributed by atoms with Crippen LogP contribution in [0.25, 0.3) is 0 Å². The highest BCUT2D eigenvalue weighted by molar-refractivity contribution is 5.94. The van der Waals surface area contributed by atoms with Crippen molar-refractivity contribution in [3.8, 4) is 0 Å². The van der Waals surface area contributed by atoms with Gasteiger partial charge in [0, 0.05) is 24.3 Å². The maximum absolute atomic E-state index is 12.5. The van der Waals surface area contributed by atoms with Gasteiger partial charge < -0.3 is 9.64 Å². The zero-order valence-corrected chi connectivity index (χ0v) is 15.6. The van der Waals surface area contributed by atoms with E-state index in [1.54, 1.807) is 38.1 Å². The molecule has 1 fully saturated rings. The maximum atomic E-state index is 12.5. The van der Waals surface area contributed by atoms with Crippen LogP contribution >= 0.6 is 0 Å². The topological polar surface area (TPSA) is 70.7 Å². The summed E-state index contributed by atoms with van der Waals surface area (Å²) in [7, 11) is 0. The quantitative estimate of drug-likeness (QED) is 0.582. The molecular formula is C21H25N3O3. The summed E-state index contributed by atoms with van der Waals surface area (Å²) in [6.07, 6.45) is 0.963. The fourth-order valence-corrected chi connectivity index (χ4v) is 2.83. The van der Waals surface area contributed by atoms with Crippen molar-refractivity contribution in [1.29, 1.82) is 0 Å². The molecule has 1 aliphatic rings. The third-order valence-electron chi connectivity index (χ3n) is 4.40. The number of nitrogens with one attached hydrogen (secondary N) is 2. The van der Waals surface area contributed by atoms with Gasteiger partial charge in [-0.1, -0.05) is 30.3 Å². The van der Waals surface area contributed by atoms with Gasteiger partial charge in [0.15, 0.2) is 0 Å². The molecule has 1 atom stereocenters. The molecule has 1 heterocycles. The molecule has 6 heteroatoms. The van der Waals surface area contributed by atoms with Gasteiger partial charge in [-0.05, 0) is 50.1 Å². The summed E-state index contributed by atoms with van der Waals surface area (Å²) in [6.45, 7) is 5.71. The van der Waals surface area contributed by atoms with Crippen molar-refractivity contribution in [2.45, 2.75) is 32.4 Å². The average molecular weight is 367 g/mol. The lowest BCUT2D eigenvalue weighted by Crippen LogP contribution is -2.44. The van der Waals surface area contributed by atoms with E-state index in [-0.39, 0.29) is 12.0 Å². The highest BCUT2D eigenvalue weighted by Gasteiger charge is 2.24. The SMILES string of the molecule is CC(C)OC(=O)[C@@H](NNC(=O)c1ccccc1)c1ccc(N2CCC2)cc1. The Bertz CT molecular complexity index is 771. The highest BCUT2D eigenvalue weighted by atomic mass is 16.5. The van der Waals surface area contributed by atoms with Crippen molar-refractivity contribution in [3.05, 3.63) is 65.7 Å². The zero-order valence-electron chi connectivity index (χ0n) is 15.6. The monoisotopic (exact) mass is 367 g/mol. The van der Waals surface area contributed by atoms with Gasteiger partial charge >= 0.3 is 5.97 Å². The minimum absolute atomic E-state index is 0.244. The molecule has 0 radical (unpaired) electrons. The molecular weight excluding hydrogens is 342 g/mol. The summed E-state index contributed by atoms with van der Waals surface area (Å²) in [6, 6.07) is 15.8. The number of hydrazine groups is 1. The number of esters is 1. The molecule has 1 amide bonds. The molecule has 1 saturated heterocycles. The first-order valence-electron chi connectivity index (χ1n) is 9.21. The van der Waals surface area contributed by atoms with Crippen LogP contribution < -0.4 is 15.8 Å². The van der Waals surface area contributed by atoms with E-state index in [9.17, 15) is 9.59 Å². The van der Waals surface area contributed by atoms with Crippen LogP contribution in [0.1, 0.15) is 42.2 Å². The summed E-state index contributed by atoms with van der Waals surface area (Å²) in [5, 5.41) is 0. The van der Waals surface area contributed by atoms with Gasteiger partial charge in [0.25, 0.3) is 5.91 Å². The number of hydrogen-bond acceptors (Lipinski definition) is 5. The molecule has 0 aromatic heterocycles. The molecule has 0 saturated carbocycles. The van der Waals surface area contributed by atoms with E-state index in [0.29, 0.717) is 5.56 Å². The standard InChI is InChI=1S/C21H25N3O3/c1-15(2)27-21(26)19(22-23-20(25)17-7-4-3-5-8-17)16-9-11-18(12-10-16)24-13-6-14-24/h3-5,7-12,15,19,22H,6,13-14H2,1-2H3,(H,23,25)/t19-/m0/s1. The van der Waals surface area contributed by atoms with Crippen LogP contribution in [-0.4, -0.2) is 31.1 Å². The second-order valence-electron chi connectivity index (χ2n) is 6.82. The van der Waals surface area contributed by atoms with Gasteiger partial charge in [-0.3, -0.25) is 10.2 Å². The number of nitrogens with zero attached hydrogens (tertiary/aromatic N) is 1. The second kappa shape index (κ2) is 8.68. The first kappa shape index (κ1) is 18.9. The number of amides is 1. The lowest BCUT2D eigenvalue weighted by Gasteiger charge is -2.33. The number of hydrogen-bond donors (Lipinski definition) is 2. The molecule has 0 unspecified atom stereocenters. The van der Waals surface area contributed by atoms with Crippen molar-refractivity contribution < 1.29 is 14.3 Å². The van der Waals surface area contributed by atoms with Crippen LogP contribution in [-0.2, 0) is 9.53 Å². The predicted molar refractivity (Wildman–Crippen MR) is 104 cm³/mol. The molecule has 2 aromatic rings. The fraction of sp³-hybridized carbons (Fsp3) is 0.333. The van der Waals surface area contributed by atoms with Crippen LogP contribution in [0.3, 0.4) is 0 Å². The summed E-state index contributed by atoms with van der Waals surface area (Å²) < 4.78 is 5.35. The Kier molecular flexibility index (Phi) is 6.08. The Hall–Kier alpha value is -2.86. The number of rotatable bonds is 7. The zero-order chi connectivity index (χ0) is 19.2. The molecule has 0 spiro atoms. The Balaban J connectivity index is 1.72. The van der Waals surface area contributed by atoms with Crippen molar-refractivity contribution in [2.75, 3.05) is 18.0 Å². The van der Waals surface area contributed by atoms with E-state index in [4.69, 9.17) is 4.74 Å². The molecule has 0 aliphatic carbocycles. The smallest absolute Gasteiger partial charge is 0.329 e. The van der Waals surface area contributed by atoms with Crippen LogP contribution in [0.2, 0.25) is 0 Å². The third kappa shape index (κ3) is 4.86. The van der Waals surface area contributed by atoms with Gasteiger partial charge in [0.1, 0.15) is 6.04 Å². The number of anilines is 1. The van der Waals surface area contributed by atoms with Gasteiger partial charge in [-0.15, -0.1) is 0 Å². The van der Waals surface area contributed by atoms with Crippen LogP contribution in [0.5, 0.6) is 0 Å². The van der Waals surface area contributed by atoms with Crippen LogP contribution in [0, 0.1) is 0 Å². The van der Waals surface area contributed by atoms with Crippen molar-refractivity contribution in [3.63, 3.8) is 0 Å². The number of ether oxygens (including phenoxy) is 1. The van der Waals surface area contributed by atoms with Crippen LogP contribution in [0.15, 0.2) is 54.6 Å². The first-order chi connectivity index (χ1) is 13.0. The average Bonchev–Trinajstić information content (AvgIpc) is 2.61. The minimum Gasteiger partial charge on any atom is -0.462 e. The van der Waals surface area contributed by atoms with E-state index in [2.05, 4.69) is 15.8 Å². The van der Waals surface area contributed by atoms with Gasteiger partial charge in [0.2, 0.25) is 0 Å². The molecule has 0 bridgehead atoms. The number of carbonyl (C=O) groups excluding carboxylic acids is 2. The van der Waals surface area contributed by atoms with Crippen molar-refractivity contribution in [1.82, 2.24) is 10.9 Å². The lowest BCUT2D eigenvalue weighted by atomic mass is 10.1. The fourth-order valence-electron chi connectivity index (χ4n) is 2.83. The van der Waals surface area contributed by atoms with E-state index in [1.807, 2.05) is 30.3 Å². The molecule has 3 rings (SSSR count). The van der Waals surface area contributed by atoms with E-state index >= 15 is 0 Å². The normalized spacial score (nSPS) is 14.4. The Labute approximate surface area is 159 Å². The summed E-state index contributed by atoms with van der Waals surface area (Å²) in [5.74, 6) is -0.745. The van der Waals surface area contributed by atoms with E-state index < -0.39 is 12.0 Å². The maximum Gasteiger partial charge on any atom is 0.329 e. The van der Waals surface area contributed by atoms with Crippen molar-refractivity contribution >= 4 is 17.6 Å². The molecule has 6 nitrogen and oxygen atoms in total. The van der Waals surface area contributed by atoms with E-state index in [1.165, 1.54) is 6.42 Å². The second-order valence-corrected chi connectivity index (χ2v) is 6.82. The number of carbonyl (C=O) groups is 2. The van der Waals surface area contributed by atoms with Crippen molar-refractivity contribution in [2.24, 2.45) is 0 Å². The molecule has 2 aromatic carbocycles. The summed E-state index contributed by atoms with van der Waals surface area (Å²) >= 11 is 0. The number of benzene rings is 2. The Morgan fingerprint density at radius 3 is 2.22 bits per heavy atom. The van der Waals surface area contributed by atoms with Gasteiger partial charge in [0.05, 0.1) is 6.10 Å². The van der Waals surface area contributed by atoms with Gasteiger partial charge in [-0.2, -0.15) is 0 Å². The van der Waals surface area contributed by atoms with Gasteiger partial charge in [-0.25, -0.2) is 10.2 Å². The molecule has 1 aliphatic heterocycles. The Morgan fingerprint density at radius 2 is 1.67 bits per heavy atom. The molecule has 27 heavy (non-hydrogen) atoms. The summed E-state index contributed by atoms with van der Waals surface area (Å²) in [4.78, 5) is 27.1. The third-order valence-corrected chi connectivity index (χ3v) is 4.40. The predicted octanol–water partition coefficient (Wildman–Crippen LogP) is 2.82. The van der Waals surface area contributed by atoms with E-state index in [0.717, 1.165) is 24.3 Å². The Morgan fingerprint density at radius 1 is 1.00 bits per heavy atom. The molecule has 2 N–H and O–H groups in total. The summed E-state index contributed by atoms with van der Waals surface area (Å²) in [5.41, 5.74) is 7.82. The minimum atomic E-state index is -0.787. The largest absolute Gasteiger partial charge is 0.462 e. The van der Waals surface area contributed by atoms with Crippen LogP contribution in [0.4, 0.5) is 5.69 Å².